The van der Waals surface area contributed by atoms with Gasteiger partial charge in [-0.1, -0.05) is 30.3 Å². The number of hydrogen-bond acceptors (Lipinski definition) is 4. The van der Waals surface area contributed by atoms with Crippen molar-refractivity contribution in [3.63, 3.8) is 0 Å². The Labute approximate surface area is 141 Å². The van der Waals surface area contributed by atoms with E-state index < -0.39 is 0 Å². The van der Waals surface area contributed by atoms with Crippen LogP contribution in [0.2, 0.25) is 0 Å². The lowest BCUT2D eigenvalue weighted by Crippen LogP contribution is -2.24. The third-order valence-electron chi connectivity index (χ3n) is 3.12. The zero-order chi connectivity index (χ0) is 16.3. The summed E-state index contributed by atoms with van der Waals surface area (Å²) in [5.41, 5.74) is 1.11. The van der Waals surface area contributed by atoms with Crippen molar-refractivity contribution < 1.29 is 14.3 Å². The molecule has 2 aromatic rings. The van der Waals surface area contributed by atoms with Crippen LogP contribution >= 0.6 is 11.8 Å². The number of hydrogen-bond donors (Lipinski definition) is 1. The molecule has 2 aromatic carbocycles. The molecule has 2 rings (SSSR count). The first-order valence-electron chi connectivity index (χ1n) is 7.43. The van der Waals surface area contributed by atoms with Gasteiger partial charge in [0.25, 0.3) is 0 Å². The predicted molar refractivity (Wildman–Crippen MR) is 94.1 cm³/mol. The molecule has 0 aliphatic heterocycles. The molecule has 0 saturated heterocycles. The first kappa shape index (κ1) is 17.2. The molecule has 1 amide bonds. The fourth-order valence-corrected chi connectivity index (χ4v) is 2.54. The predicted octanol–water partition coefficient (Wildman–Crippen LogP) is 3.12. The summed E-state index contributed by atoms with van der Waals surface area (Å²) in [4.78, 5) is 11.7. The van der Waals surface area contributed by atoms with Crippen LogP contribution in [-0.2, 0) is 11.3 Å². The summed E-state index contributed by atoms with van der Waals surface area (Å²) in [6, 6.07) is 17.3. The Morgan fingerprint density at radius 3 is 2.43 bits per heavy atom. The van der Waals surface area contributed by atoms with E-state index in [2.05, 4.69) is 5.32 Å². The van der Waals surface area contributed by atoms with Gasteiger partial charge in [-0.2, -0.15) is 0 Å². The van der Waals surface area contributed by atoms with E-state index in [-0.39, 0.29) is 5.91 Å². The summed E-state index contributed by atoms with van der Waals surface area (Å²) < 4.78 is 10.7. The molecule has 23 heavy (non-hydrogen) atoms. The highest BCUT2D eigenvalue weighted by Gasteiger charge is 2.02. The van der Waals surface area contributed by atoms with Crippen LogP contribution < -0.4 is 14.8 Å². The number of carbonyl (C=O) groups excluding carboxylic acids is 1. The third-order valence-corrected chi connectivity index (χ3v) is 4.04. The first-order valence-corrected chi connectivity index (χ1v) is 8.58. The van der Waals surface area contributed by atoms with Crippen molar-refractivity contribution in [2.75, 3.05) is 25.2 Å². The van der Waals surface area contributed by atoms with Gasteiger partial charge in [-0.05, 0) is 29.8 Å². The van der Waals surface area contributed by atoms with E-state index in [9.17, 15) is 4.79 Å². The molecule has 0 aliphatic rings. The van der Waals surface area contributed by atoms with E-state index in [4.69, 9.17) is 9.47 Å². The van der Waals surface area contributed by atoms with Gasteiger partial charge in [0.2, 0.25) is 5.91 Å². The minimum atomic E-state index is 0.0447. The molecule has 4 nitrogen and oxygen atoms in total. The van der Waals surface area contributed by atoms with Crippen LogP contribution in [0.5, 0.6) is 11.5 Å². The van der Waals surface area contributed by atoms with Crippen LogP contribution in [-0.4, -0.2) is 31.1 Å². The molecule has 0 saturated carbocycles. The Morgan fingerprint density at radius 2 is 1.74 bits per heavy atom. The molecule has 1 N–H and O–H groups in total. The van der Waals surface area contributed by atoms with E-state index in [1.165, 1.54) is 0 Å². The molecule has 0 fully saturated rings. The lowest BCUT2D eigenvalue weighted by Gasteiger charge is -2.07. The lowest BCUT2D eigenvalue weighted by molar-refractivity contribution is -0.118. The third kappa shape index (κ3) is 6.65. The summed E-state index contributed by atoms with van der Waals surface area (Å²) in [5.74, 6) is 2.87. The number of methoxy groups -OCH3 is 1. The van der Waals surface area contributed by atoms with Crippen LogP contribution in [0, 0.1) is 0 Å². The Balaban J connectivity index is 1.55. The highest BCUT2D eigenvalue weighted by atomic mass is 32.2. The SMILES string of the molecule is COc1ccc(OCCSCC(=O)NCc2ccccc2)cc1. The van der Waals surface area contributed by atoms with Gasteiger partial charge in [0.05, 0.1) is 19.5 Å². The quantitative estimate of drug-likeness (QED) is 0.717. The van der Waals surface area contributed by atoms with Gasteiger partial charge >= 0.3 is 0 Å². The molecular formula is C18H21NO3S. The highest BCUT2D eigenvalue weighted by molar-refractivity contribution is 7.99. The highest BCUT2D eigenvalue weighted by Crippen LogP contribution is 2.17. The summed E-state index contributed by atoms with van der Waals surface area (Å²) in [7, 11) is 1.63. The Bertz CT molecular complexity index is 587. The normalized spacial score (nSPS) is 10.1. The molecule has 0 atom stereocenters. The molecule has 0 spiro atoms. The van der Waals surface area contributed by atoms with E-state index in [1.54, 1.807) is 18.9 Å². The smallest absolute Gasteiger partial charge is 0.230 e. The van der Waals surface area contributed by atoms with E-state index in [1.807, 2.05) is 54.6 Å². The summed E-state index contributed by atoms with van der Waals surface area (Å²) in [6.07, 6.45) is 0. The molecule has 0 radical (unpaired) electrons. The Morgan fingerprint density at radius 1 is 1.04 bits per heavy atom. The average molecular weight is 331 g/mol. The molecule has 122 valence electrons. The summed E-state index contributed by atoms with van der Waals surface area (Å²) in [6.45, 7) is 1.14. The second-order valence-electron chi connectivity index (χ2n) is 4.84. The van der Waals surface area contributed by atoms with Gasteiger partial charge in [-0.15, -0.1) is 11.8 Å². The minimum absolute atomic E-state index is 0.0447. The van der Waals surface area contributed by atoms with Gasteiger partial charge < -0.3 is 14.8 Å². The zero-order valence-electron chi connectivity index (χ0n) is 13.2. The van der Waals surface area contributed by atoms with Gasteiger partial charge in [-0.25, -0.2) is 0 Å². The maximum atomic E-state index is 11.7. The number of rotatable bonds is 9. The number of amides is 1. The Kier molecular flexibility index (Phi) is 7.33. The second kappa shape index (κ2) is 9.79. The molecule has 0 bridgehead atoms. The molecule has 5 heteroatoms. The van der Waals surface area contributed by atoms with Crippen molar-refractivity contribution in [2.24, 2.45) is 0 Å². The number of benzene rings is 2. The molecule has 0 unspecified atom stereocenters. The largest absolute Gasteiger partial charge is 0.497 e. The van der Waals surface area contributed by atoms with Crippen molar-refractivity contribution in [3.05, 3.63) is 60.2 Å². The fourth-order valence-electron chi connectivity index (χ4n) is 1.90. The Hall–Kier alpha value is -2.14. The first-order chi connectivity index (χ1) is 11.3. The van der Waals surface area contributed by atoms with Gasteiger partial charge in [0.1, 0.15) is 11.5 Å². The van der Waals surface area contributed by atoms with Crippen LogP contribution in [0.25, 0.3) is 0 Å². The van der Waals surface area contributed by atoms with Gasteiger partial charge in [0.15, 0.2) is 0 Å². The number of ether oxygens (including phenoxy) is 2. The van der Waals surface area contributed by atoms with Crippen molar-refractivity contribution in [1.82, 2.24) is 5.32 Å². The van der Waals surface area contributed by atoms with Gasteiger partial charge in [-0.3, -0.25) is 4.79 Å². The number of carbonyl (C=O) groups is 1. The second-order valence-corrected chi connectivity index (χ2v) is 5.94. The molecule has 0 aromatic heterocycles. The van der Waals surface area contributed by atoms with E-state index in [0.29, 0.717) is 18.9 Å². The van der Waals surface area contributed by atoms with E-state index in [0.717, 1.165) is 22.8 Å². The van der Waals surface area contributed by atoms with Crippen molar-refractivity contribution >= 4 is 17.7 Å². The fraction of sp³-hybridized carbons (Fsp3) is 0.278. The van der Waals surface area contributed by atoms with Crippen molar-refractivity contribution in [3.8, 4) is 11.5 Å². The summed E-state index contributed by atoms with van der Waals surface area (Å²) in [5, 5.41) is 2.91. The zero-order valence-corrected chi connectivity index (χ0v) is 14.0. The monoisotopic (exact) mass is 331 g/mol. The van der Waals surface area contributed by atoms with Crippen LogP contribution in [0.1, 0.15) is 5.56 Å². The van der Waals surface area contributed by atoms with E-state index >= 15 is 0 Å². The molecular weight excluding hydrogens is 310 g/mol. The topological polar surface area (TPSA) is 47.6 Å². The standard InChI is InChI=1S/C18H21NO3S/c1-21-16-7-9-17(10-8-16)22-11-12-23-14-18(20)19-13-15-5-3-2-4-6-15/h2-10H,11-14H2,1H3,(H,19,20). The maximum absolute atomic E-state index is 11.7. The maximum Gasteiger partial charge on any atom is 0.230 e. The van der Waals surface area contributed by atoms with Crippen LogP contribution in [0.4, 0.5) is 0 Å². The number of thioether (sulfide) groups is 1. The summed E-state index contributed by atoms with van der Waals surface area (Å²) >= 11 is 1.56. The van der Waals surface area contributed by atoms with Crippen molar-refractivity contribution in [1.29, 1.82) is 0 Å². The molecule has 0 aliphatic carbocycles. The minimum Gasteiger partial charge on any atom is -0.497 e. The average Bonchev–Trinajstić information content (AvgIpc) is 2.61. The van der Waals surface area contributed by atoms with Crippen LogP contribution in [0.15, 0.2) is 54.6 Å². The lowest BCUT2D eigenvalue weighted by atomic mass is 10.2. The van der Waals surface area contributed by atoms with Gasteiger partial charge in [0, 0.05) is 12.3 Å². The number of nitrogens with one attached hydrogen (secondary N) is 1. The molecule has 0 heterocycles. The van der Waals surface area contributed by atoms with Crippen LogP contribution in [0.3, 0.4) is 0 Å². The van der Waals surface area contributed by atoms with Crippen molar-refractivity contribution in [2.45, 2.75) is 6.54 Å².